The highest BCUT2D eigenvalue weighted by atomic mass is 16.5. The molecular formula is C10H13N7O. The monoisotopic (exact) mass is 247 g/mol. The molecule has 0 unspecified atom stereocenters. The van der Waals surface area contributed by atoms with Gasteiger partial charge < -0.3 is 15.4 Å². The molecule has 2 N–H and O–H groups in total. The minimum absolute atomic E-state index is 0.0157. The Hall–Kier alpha value is -2.61. The molecule has 8 nitrogen and oxygen atoms in total. The lowest BCUT2D eigenvalue weighted by Gasteiger charge is -2.16. The Balaban J connectivity index is 3.03. The maximum absolute atomic E-state index is 8.67. The number of ether oxygens (including phenoxy) is 1. The molecule has 94 valence electrons. The van der Waals surface area contributed by atoms with Crippen LogP contribution in [0.5, 0.6) is 6.01 Å². The summed E-state index contributed by atoms with van der Waals surface area (Å²) in [5.41, 5.74) is 5.53. The van der Waals surface area contributed by atoms with Gasteiger partial charge in [-0.05, 0) is 13.8 Å². The zero-order chi connectivity index (χ0) is 13.5. The Labute approximate surface area is 105 Å². The number of rotatable bonds is 5. The van der Waals surface area contributed by atoms with Crippen LogP contribution in [0.1, 0.15) is 13.8 Å². The highest BCUT2D eigenvalue weighted by Gasteiger charge is 2.13. The molecule has 8 heteroatoms. The van der Waals surface area contributed by atoms with Crippen molar-refractivity contribution < 1.29 is 4.74 Å². The van der Waals surface area contributed by atoms with Crippen LogP contribution in [-0.4, -0.2) is 34.1 Å². The van der Waals surface area contributed by atoms with E-state index in [-0.39, 0.29) is 37.1 Å². The summed E-state index contributed by atoms with van der Waals surface area (Å²) in [6.07, 6.45) is -0.111. The summed E-state index contributed by atoms with van der Waals surface area (Å²) in [6.45, 7) is 3.61. The maximum atomic E-state index is 8.67. The van der Waals surface area contributed by atoms with Gasteiger partial charge in [-0.1, -0.05) is 0 Å². The van der Waals surface area contributed by atoms with Crippen LogP contribution in [0, 0.1) is 22.7 Å². The van der Waals surface area contributed by atoms with Crippen molar-refractivity contribution in [1.82, 2.24) is 15.0 Å². The molecular weight excluding hydrogens is 234 g/mol. The number of hydrogen-bond acceptors (Lipinski definition) is 8. The summed E-state index contributed by atoms with van der Waals surface area (Å²) >= 11 is 0. The highest BCUT2D eigenvalue weighted by Crippen LogP contribution is 2.13. The Bertz CT molecular complexity index is 472. The molecule has 0 aliphatic rings. The molecule has 1 aromatic heterocycles. The van der Waals surface area contributed by atoms with Gasteiger partial charge in [-0.15, -0.1) is 0 Å². The van der Waals surface area contributed by atoms with E-state index in [9.17, 15) is 0 Å². The largest absolute Gasteiger partial charge is 0.461 e. The lowest BCUT2D eigenvalue weighted by molar-refractivity contribution is 0.222. The van der Waals surface area contributed by atoms with Crippen LogP contribution in [-0.2, 0) is 0 Å². The summed E-state index contributed by atoms with van der Waals surface area (Å²) in [5.74, 6) is 0.137. The van der Waals surface area contributed by atoms with E-state index in [2.05, 4.69) is 15.0 Å². The fraction of sp³-hybridized carbons (Fsp3) is 0.500. The first-order valence-corrected chi connectivity index (χ1v) is 5.24. The summed E-state index contributed by atoms with van der Waals surface area (Å²) in [5, 5.41) is 17.3. The van der Waals surface area contributed by atoms with Gasteiger partial charge in [0, 0.05) is 0 Å². The minimum atomic E-state index is -0.111. The molecule has 1 aromatic rings. The number of nitrogens with zero attached hydrogens (tertiary/aromatic N) is 6. The third-order valence-electron chi connectivity index (χ3n) is 1.77. The Morgan fingerprint density at radius 1 is 1.22 bits per heavy atom. The highest BCUT2D eigenvalue weighted by molar-refractivity contribution is 5.38. The van der Waals surface area contributed by atoms with Gasteiger partial charge in [-0.2, -0.15) is 25.5 Å². The van der Waals surface area contributed by atoms with Crippen LogP contribution >= 0.6 is 0 Å². The second-order valence-electron chi connectivity index (χ2n) is 3.62. The number of nitrogens with two attached hydrogens (primary N) is 1. The van der Waals surface area contributed by atoms with Crippen molar-refractivity contribution in [3.63, 3.8) is 0 Å². The van der Waals surface area contributed by atoms with Crippen molar-refractivity contribution in [3.05, 3.63) is 0 Å². The van der Waals surface area contributed by atoms with Gasteiger partial charge in [0.05, 0.1) is 18.2 Å². The van der Waals surface area contributed by atoms with Gasteiger partial charge in [-0.25, -0.2) is 0 Å². The predicted octanol–water partition coefficient (Wildman–Crippen LogP) is 0.0946. The van der Waals surface area contributed by atoms with Crippen LogP contribution in [0.25, 0.3) is 0 Å². The van der Waals surface area contributed by atoms with Crippen molar-refractivity contribution >= 4 is 11.9 Å². The summed E-state index contributed by atoms with van der Waals surface area (Å²) in [4.78, 5) is 13.1. The third kappa shape index (κ3) is 3.76. The zero-order valence-corrected chi connectivity index (χ0v) is 10.2. The Morgan fingerprint density at radius 3 is 2.33 bits per heavy atom. The molecule has 0 atom stereocenters. The summed E-state index contributed by atoms with van der Waals surface area (Å²) < 4.78 is 5.31. The van der Waals surface area contributed by atoms with E-state index in [1.165, 1.54) is 4.90 Å². The van der Waals surface area contributed by atoms with Crippen molar-refractivity contribution in [2.45, 2.75) is 20.0 Å². The first kappa shape index (κ1) is 13.5. The molecule has 0 aliphatic carbocycles. The SMILES string of the molecule is CC(C)Oc1nc(N)nc(N(CC#N)CC#N)n1. The van der Waals surface area contributed by atoms with E-state index in [0.29, 0.717) is 0 Å². The van der Waals surface area contributed by atoms with Gasteiger partial charge in [-0.3, -0.25) is 0 Å². The van der Waals surface area contributed by atoms with E-state index in [1.54, 1.807) is 0 Å². The molecule has 0 spiro atoms. The van der Waals surface area contributed by atoms with E-state index < -0.39 is 0 Å². The fourth-order valence-electron chi connectivity index (χ4n) is 1.13. The molecule has 0 radical (unpaired) electrons. The predicted molar refractivity (Wildman–Crippen MR) is 63.4 cm³/mol. The van der Waals surface area contributed by atoms with E-state index >= 15 is 0 Å². The van der Waals surface area contributed by atoms with Crippen molar-refractivity contribution in [2.75, 3.05) is 23.7 Å². The standard InChI is InChI=1S/C10H13N7O/c1-7(2)18-10-15-8(13)14-9(16-10)17(5-3-11)6-4-12/h7H,5-6H2,1-2H3,(H2,13,14,15,16). The number of nitrogen functional groups attached to an aromatic ring is 1. The van der Waals surface area contributed by atoms with Crippen LogP contribution < -0.4 is 15.4 Å². The first-order valence-electron chi connectivity index (χ1n) is 5.24. The Kier molecular flexibility index (Phi) is 4.64. The van der Waals surface area contributed by atoms with Gasteiger partial charge in [0.1, 0.15) is 13.1 Å². The second kappa shape index (κ2) is 6.21. The smallest absolute Gasteiger partial charge is 0.323 e. The molecule has 0 fully saturated rings. The molecule has 0 amide bonds. The van der Waals surface area contributed by atoms with Gasteiger partial charge in [0.25, 0.3) is 0 Å². The van der Waals surface area contributed by atoms with Crippen LogP contribution in [0.15, 0.2) is 0 Å². The molecule has 0 aliphatic heterocycles. The molecule has 1 rings (SSSR count). The van der Waals surface area contributed by atoms with Crippen LogP contribution in [0.2, 0.25) is 0 Å². The first-order chi connectivity index (χ1) is 8.56. The van der Waals surface area contributed by atoms with Gasteiger partial charge >= 0.3 is 6.01 Å². The lowest BCUT2D eigenvalue weighted by Crippen LogP contribution is -2.27. The lowest BCUT2D eigenvalue weighted by atomic mass is 10.5. The number of nitriles is 2. The molecule has 0 aromatic carbocycles. The van der Waals surface area contributed by atoms with Crippen molar-refractivity contribution in [2.24, 2.45) is 0 Å². The van der Waals surface area contributed by atoms with E-state index in [0.717, 1.165) is 0 Å². The Morgan fingerprint density at radius 2 is 1.83 bits per heavy atom. The van der Waals surface area contributed by atoms with Gasteiger partial charge in [0.2, 0.25) is 11.9 Å². The number of hydrogen-bond donors (Lipinski definition) is 1. The molecule has 18 heavy (non-hydrogen) atoms. The molecule has 0 saturated heterocycles. The van der Waals surface area contributed by atoms with Crippen LogP contribution in [0.4, 0.5) is 11.9 Å². The van der Waals surface area contributed by atoms with Crippen molar-refractivity contribution in [1.29, 1.82) is 10.5 Å². The zero-order valence-electron chi connectivity index (χ0n) is 10.2. The van der Waals surface area contributed by atoms with E-state index in [1.807, 2.05) is 26.0 Å². The summed E-state index contributed by atoms with van der Waals surface area (Å²) in [7, 11) is 0. The second-order valence-corrected chi connectivity index (χ2v) is 3.62. The summed E-state index contributed by atoms with van der Waals surface area (Å²) in [6, 6.07) is 3.92. The normalized spacial score (nSPS) is 9.61. The topological polar surface area (TPSA) is 125 Å². The minimum Gasteiger partial charge on any atom is -0.461 e. The van der Waals surface area contributed by atoms with E-state index in [4.69, 9.17) is 21.0 Å². The number of aromatic nitrogens is 3. The van der Waals surface area contributed by atoms with Crippen LogP contribution in [0.3, 0.4) is 0 Å². The average Bonchev–Trinajstić information content (AvgIpc) is 2.27. The fourth-order valence-corrected chi connectivity index (χ4v) is 1.13. The quantitative estimate of drug-likeness (QED) is 0.726. The van der Waals surface area contributed by atoms with Gasteiger partial charge in [0.15, 0.2) is 0 Å². The third-order valence-corrected chi connectivity index (χ3v) is 1.77. The number of anilines is 2. The molecule has 1 heterocycles. The van der Waals surface area contributed by atoms with Crippen molar-refractivity contribution in [3.8, 4) is 18.1 Å². The molecule has 0 saturated carbocycles. The molecule has 0 bridgehead atoms. The maximum Gasteiger partial charge on any atom is 0.323 e. The average molecular weight is 247 g/mol.